The zero-order valence-electron chi connectivity index (χ0n) is 16.2. The summed E-state index contributed by atoms with van der Waals surface area (Å²) in [6.07, 6.45) is 7.83. The van der Waals surface area contributed by atoms with E-state index >= 15 is 0 Å². The summed E-state index contributed by atoms with van der Waals surface area (Å²) in [5.41, 5.74) is 0. The average molecular weight is 329 g/mol. The van der Waals surface area contributed by atoms with Gasteiger partial charge in [0, 0.05) is 26.4 Å². The van der Waals surface area contributed by atoms with E-state index < -0.39 is 0 Å². The molecular formula is C20H40O3. The zero-order valence-corrected chi connectivity index (χ0v) is 16.2. The van der Waals surface area contributed by atoms with E-state index in [1.54, 1.807) is 0 Å². The lowest BCUT2D eigenvalue weighted by Crippen LogP contribution is -2.34. The summed E-state index contributed by atoms with van der Waals surface area (Å²) in [5.74, 6) is 2.29. The van der Waals surface area contributed by atoms with Crippen molar-refractivity contribution in [2.24, 2.45) is 17.8 Å². The Bertz CT molecular complexity index is 280. The molecule has 4 unspecified atom stereocenters. The van der Waals surface area contributed by atoms with Gasteiger partial charge in [0.2, 0.25) is 0 Å². The molecule has 3 heteroatoms. The van der Waals surface area contributed by atoms with Crippen LogP contribution in [0.25, 0.3) is 0 Å². The maximum atomic E-state index is 6.20. The van der Waals surface area contributed by atoms with Crippen LogP contribution in [-0.4, -0.2) is 38.6 Å². The molecule has 0 aliphatic heterocycles. The minimum Gasteiger partial charge on any atom is -0.381 e. The second-order valence-corrected chi connectivity index (χ2v) is 7.64. The molecule has 0 heterocycles. The van der Waals surface area contributed by atoms with Gasteiger partial charge < -0.3 is 14.2 Å². The molecule has 1 aliphatic carbocycles. The van der Waals surface area contributed by atoms with Gasteiger partial charge in [-0.3, -0.25) is 0 Å². The fourth-order valence-electron chi connectivity index (χ4n) is 3.37. The average Bonchev–Trinajstić information content (AvgIpc) is 2.52. The molecule has 1 rings (SSSR count). The van der Waals surface area contributed by atoms with Crippen LogP contribution in [0, 0.1) is 17.8 Å². The summed E-state index contributed by atoms with van der Waals surface area (Å²) >= 11 is 0. The van der Waals surface area contributed by atoms with E-state index in [2.05, 4.69) is 34.6 Å². The van der Waals surface area contributed by atoms with Gasteiger partial charge in [0.1, 0.15) is 0 Å². The lowest BCUT2D eigenvalue weighted by atomic mass is 9.75. The minimum atomic E-state index is 0.371. The van der Waals surface area contributed by atoms with Gasteiger partial charge >= 0.3 is 0 Å². The fraction of sp³-hybridized carbons (Fsp3) is 1.00. The first-order valence-electron chi connectivity index (χ1n) is 9.85. The van der Waals surface area contributed by atoms with Crippen LogP contribution in [0.4, 0.5) is 0 Å². The first-order valence-corrected chi connectivity index (χ1v) is 9.85. The van der Waals surface area contributed by atoms with Crippen molar-refractivity contribution < 1.29 is 14.2 Å². The van der Waals surface area contributed by atoms with Gasteiger partial charge in [0.15, 0.2) is 0 Å². The molecule has 23 heavy (non-hydrogen) atoms. The lowest BCUT2D eigenvalue weighted by Gasteiger charge is -2.37. The Balaban J connectivity index is 2.01. The van der Waals surface area contributed by atoms with Crippen molar-refractivity contribution in [3.8, 4) is 0 Å². The van der Waals surface area contributed by atoms with Crippen LogP contribution in [-0.2, 0) is 14.2 Å². The van der Waals surface area contributed by atoms with E-state index in [-0.39, 0.29) is 0 Å². The third kappa shape index (κ3) is 9.07. The molecule has 1 fully saturated rings. The Morgan fingerprint density at radius 1 is 0.957 bits per heavy atom. The Hall–Kier alpha value is -0.120. The predicted molar refractivity (Wildman–Crippen MR) is 96.8 cm³/mol. The van der Waals surface area contributed by atoms with Crippen LogP contribution in [0.3, 0.4) is 0 Å². The van der Waals surface area contributed by atoms with E-state index in [1.165, 1.54) is 19.3 Å². The van der Waals surface area contributed by atoms with Crippen molar-refractivity contribution in [1.82, 2.24) is 0 Å². The highest BCUT2D eigenvalue weighted by Crippen LogP contribution is 2.35. The Morgan fingerprint density at radius 3 is 2.30 bits per heavy atom. The number of ether oxygens (including phenoxy) is 3. The molecule has 138 valence electrons. The highest BCUT2D eigenvalue weighted by atomic mass is 16.5. The molecule has 0 spiro atoms. The van der Waals surface area contributed by atoms with Crippen LogP contribution in [0.2, 0.25) is 0 Å². The molecule has 0 radical (unpaired) electrons. The van der Waals surface area contributed by atoms with Crippen LogP contribution < -0.4 is 0 Å². The quantitative estimate of drug-likeness (QED) is 0.468. The largest absolute Gasteiger partial charge is 0.381 e. The van der Waals surface area contributed by atoms with Crippen molar-refractivity contribution in [3.63, 3.8) is 0 Å². The predicted octanol–water partition coefficient (Wildman–Crippen LogP) is 5.08. The zero-order chi connectivity index (χ0) is 17.1. The highest BCUT2D eigenvalue weighted by molar-refractivity contribution is 4.81. The lowest BCUT2D eigenvalue weighted by molar-refractivity contribution is -0.0449. The molecular weight excluding hydrogens is 288 g/mol. The number of hydrogen-bond donors (Lipinski definition) is 0. The second kappa shape index (κ2) is 12.3. The molecule has 0 saturated heterocycles. The third-order valence-electron chi connectivity index (χ3n) is 5.14. The van der Waals surface area contributed by atoms with Crippen molar-refractivity contribution in [2.45, 2.75) is 85.4 Å². The van der Waals surface area contributed by atoms with Gasteiger partial charge in [-0.05, 0) is 56.8 Å². The molecule has 0 aromatic heterocycles. The van der Waals surface area contributed by atoms with Crippen LogP contribution in [0.1, 0.15) is 73.1 Å². The van der Waals surface area contributed by atoms with E-state index in [1.807, 2.05) is 0 Å². The molecule has 0 N–H and O–H groups in total. The van der Waals surface area contributed by atoms with Crippen molar-refractivity contribution in [3.05, 3.63) is 0 Å². The molecule has 0 amide bonds. The fourth-order valence-corrected chi connectivity index (χ4v) is 3.37. The van der Waals surface area contributed by atoms with Gasteiger partial charge in [-0.15, -0.1) is 0 Å². The highest BCUT2D eigenvalue weighted by Gasteiger charge is 2.31. The number of hydrogen-bond acceptors (Lipinski definition) is 3. The van der Waals surface area contributed by atoms with Crippen LogP contribution in [0.5, 0.6) is 0 Å². The summed E-state index contributed by atoms with van der Waals surface area (Å²) in [7, 11) is 0. The minimum absolute atomic E-state index is 0.371. The second-order valence-electron chi connectivity index (χ2n) is 7.64. The Morgan fingerprint density at radius 2 is 1.65 bits per heavy atom. The van der Waals surface area contributed by atoms with Crippen molar-refractivity contribution in [2.75, 3.05) is 26.4 Å². The normalized spacial score (nSPS) is 26.6. The summed E-state index contributed by atoms with van der Waals surface area (Å²) in [6, 6.07) is 0. The first kappa shape index (κ1) is 20.9. The topological polar surface area (TPSA) is 27.7 Å². The van der Waals surface area contributed by atoms with Gasteiger partial charge in [-0.25, -0.2) is 0 Å². The van der Waals surface area contributed by atoms with Crippen molar-refractivity contribution >= 4 is 0 Å². The van der Waals surface area contributed by atoms with Crippen LogP contribution >= 0.6 is 0 Å². The smallest absolute Gasteiger partial charge is 0.0608 e. The van der Waals surface area contributed by atoms with Gasteiger partial charge in [0.05, 0.1) is 12.2 Å². The van der Waals surface area contributed by atoms with E-state index in [0.29, 0.717) is 12.2 Å². The van der Waals surface area contributed by atoms with Gasteiger partial charge in [-0.1, -0.05) is 34.1 Å². The Kier molecular flexibility index (Phi) is 11.2. The van der Waals surface area contributed by atoms with E-state index in [4.69, 9.17) is 14.2 Å². The summed E-state index contributed by atoms with van der Waals surface area (Å²) in [6.45, 7) is 14.5. The SMILES string of the molecule is CCC(C)OCCCOCCCOC1CC(C)CCC1C(C)C. The first-order chi connectivity index (χ1) is 11.0. The third-order valence-corrected chi connectivity index (χ3v) is 5.14. The number of rotatable bonds is 12. The van der Waals surface area contributed by atoms with Gasteiger partial charge in [-0.2, -0.15) is 0 Å². The molecule has 4 atom stereocenters. The van der Waals surface area contributed by atoms with Gasteiger partial charge in [0.25, 0.3) is 0 Å². The molecule has 1 saturated carbocycles. The maximum Gasteiger partial charge on any atom is 0.0608 e. The summed E-state index contributed by atoms with van der Waals surface area (Å²) in [5, 5.41) is 0. The van der Waals surface area contributed by atoms with Crippen LogP contribution in [0.15, 0.2) is 0 Å². The summed E-state index contributed by atoms with van der Waals surface area (Å²) < 4.78 is 17.5. The maximum absolute atomic E-state index is 6.20. The molecule has 0 bridgehead atoms. The Labute approximate surface area is 144 Å². The molecule has 3 nitrogen and oxygen atoms in total. The summed E-state index contributed by atoms with van der Waals surface area (Å²) in [4.78, 5) is 0. The molecule has 0 aromatic carbocycles. The van der Waals surface area contributed by atoms with Crippen molar-refractivity contribution in [1.29, 1.82) is 0 Å². The van der Waals surface area contributed by atoms with E-state index in [0.717, 1.165) is 63.4 Å². The molecule has 0 aromatic rings. The van der Waals surface area contributed by atoms with E-state index in [9.17, 15) is 0 Å². The monoisotopic (exact) mass is 328 g/mol. The standard InChI is InChI=1S/C20H40O3/c1-6-18(5)22-13-7-11-21-12-8-14-23-20-15-17(4)9-10-19(20)16(2)3/h16-20H,6-15H2,1-5H3. The molecule has 1 aliphatic rings.